The minimum atomic E-state index is 0. The van der Waals surface area contributed by atoms with E-state index in [9.17, 15) is 0 Å². The summed E-state index contributed by atoms with van der Waals surface area (Å²) in [4.78, 5) is 7.00. The Hall–Kier alpha value is -1.33. The van der Waals surface area contributed by atoms with Crippen LogP contribution in [0.4, 0.5) is 0 Å². The van der Waals surface area contributed by atoms with E-state index in [0.717, 1.165) is 24.1 Å². The van der Waals surface area contributed by atoms with Crippen LogP contribution in [0.5, 0.6) is 0 Å². The molecular weight excluding hydrogens is 425 g/mol. The number of hydrogen-bond acceptors (Lipinski definition) is 3. The van der Waals surface area contributed by atoms with Crippen LogP contribution in [0.1, 0.15) is 43.2 Å². The van der Waals surface area contributed by atoms with E-state index in [1.165, 1.54) is 38.6 Å². The number of rotatable bonds is 4. The highest BCUT2D eigenvalue weighted by Gasteiger charge is 2.30. The summed E-state index contributed by atoms with van der Waals surface area (Å²) in [6.45, 7) is 3.04. The largest absolute Gasteiger partial charge is 0.352 e. The lowest BCUT2D eigenvalue weighted by Crippen LogP contribution is -2.45. The molecule has 1 saturated carbocycles. The van der Waals surface area contributed by atoms with Crippen molar-refractivity contribution in [2.75, 3.05) is 20.1 Å². The Kier molecular flexibility index (Phi) is 7.97. The number of likely N-dealkylation sites (tertiary alicyclic amines) is 1. The van der Waals surface area contributed by atoms with E-state index in [1.807, 2.05) is 31.3 Å². The molecule has 0 spiro atoms. The minimum Gasteiger partial charge on any atom is -0.352 e. The third kappa shape index (κ3) is 5.58. The predicted octanol–water partition coefficient (Wildman–Crippen LogP) is 2.86. The summed E-state index contributed by atoms with van der Waals surface area (Å²) >= 11 is 0. The van der Waals surface area contributed by atoms with Gasteiger partial charge in [-0.1, -0.05) is 25.0 Å². The van der Waals surface area contributed by atoms with Gasteiger partial charge in [0.05, 0.1) is 11.6 Å². The van der Waals surface area contributed by atoms with Crippen molar-refractivity contribution < 1.29 is 0 Å². The molecule has 1 aromatic rings. The second kappa shape index (κ2) is 9.97. The molecule has 0 radical (unpaired) electrons. The fourth-order valence-electron chi connectivity index (χ4n) is 3.78. The molecule has 1 aliphatic carbocycles. The van der Waals surface area contributed by atoms with E-state index >= 15 is 0 Å². The molecule has 0 bridgehead atoms. The first-order valence-electron chi connectivity index (χ1n) is 8.99. The van der Waals surface area contributed by atoms with E-state index in [1.54, 1.807) is 0 Å². The number of nitrogens with zero attached hydrogens (tertiary/aromatic N) is 3. The lowest BCUT2D eigenvalue weighted by molar-refractivity contribution is 0.242. The van der Waals surface area contributed by atoms with Gasteiger partial charge in [-0.05, 0) is 37.0 Å². The second-order valence-electron chi connectivity index (χ2n) is 6.80. The summed E-state index contributed by atoms with van der Waals surface area (Å²) in [5.74, 6) is 0.859. The predicted molar refractivity (Wildman–Crippen MR) is 112 cm³/mol. The van der Waals surface area contributed by atoms with Gasteiger partial charge in [0.2, 0.25) is 0 Å². The molecule has 25 heavy (non-hydrogen) atoms. The molecule has 3 rings (SSSR count). The number of halogens is 1. The lowest BCUT2D eigenvalue weighted by Gasteiger charge is -2.24. The fourth-order valence-corrected chi connectivity index (χ4v) is 3.78. The molecule has 5 nitrogen and oxygen atoms in total. The highest BCUT2D eigenvalue weighted by atomic mass is 127. The van der Waals surface area contributed by atoms with E-state index in [4.69, 9.17) is 5.26 Å². The number of guanidine groups is 1. The summed E-state index contributed by atoms with van der Waals surface area (Å²) in [6, 6.07) is 11.1. The molecule has 136 valence electrons. The Morgan fingerprint density at radius 2 is 1.96 bits per heavy atom. The Morgan fingerprint density at radius 3 is 2.60 bits per heavy atom. The molecule has 1 aromatic carbocycles. The molecule has 2 N–H and O–H groups in total. The van der Waals surface area contributed by atoms with Crippen LogP contribution in [0.15, 0.2) is 29.3 Å². The molecule has 1 saturated heterocycles. The quantitative estimate of drug-likeness (QED) is 0.418. The molecule has 2 fully saturated rings. The monoisotopic (exact) mass is 453 g/mol. The summed E-state index contributed by atoms with van der Waals surface area (Å²) in [5.41, 5.74) is 1.84. The lowest BCUT2D eigenvalue weighted by atomic mass is 10.1. The van der Waals surface area contributed by atoms with Crippen LogP contribution in [0.3, 0.4) is 0 Å². The summed E-state index contributed by atoms with van der Waals surface area (Å²) in [6.07, 6.45) is 6.73. The number of aliphatic imine (C=N–C) groups is 1. The number of nitrogens with one attached hydrogen (secondary N) is 2. The Balaban J connectivity index is 0.00000225. The molecule has 1 unspecified atom stereocenters. The smallest absolute Gasteiger partial charge is 0.191 e. The standard InChI is InChI=1S/C19H27N5.HI/c1-21-19(22-13-16-8-6-15(12-20)7-9-16)23-17-10-11-24(14-17)18-4-2-3-5-18;/h6-9,17-18H,2-5,10-11,13-14H2,1H3,(H2,21,22,23);1H. The minimum absolute atomic E-state index is 0. The zero-order chi connectivity index (χ0) is 16.8. The van der Waals surface area contributed by atoms with Gasteiger partial charge in [0, 0.05) is 38.8 Å². The van der Waals surface area contributed by atoms with Crippen molar-refractivity contribution in [2.45, 2.75) is 50.7 Å². The van der Waals surface area contributed by atoms with Crippen molar-refractivity contribution >= 4 is 29.9 Å². The van der Waals surface area contributed by atoms with Crippen LogP contribution in [-0.4, -0.2) is 43.1 Å². The highest BCUT2D eigenvalue weighted by molar-refractivity contribution is 14.0. The van der Waals surface area contributed by atoms with Gasteiger partial charge in [0.15, 0.2) is 5.96 Å². The molecule has 6 heteroatoms. The normalized spacial score (nSPS) is 21.6. The first-order valence-corrected chi connectivity index (χ1v) is 8.99. The van der Waals surface area contributed by atoms with Crippen LogP contribution in [0, 0.1) is 11.3 Å². The molecule has 1 aliphatic heterocycles. The molecular formula is C19H28IN5. The zero-order valence-electron chi connectivity index (χ0n) is 14.9. The molecule has 2 aliphatic rings. The van der Waals surface area contributed by atoms with Crippen LogP contribution in [-0.2, 0) is 6.54 Å². The van der Waals surface area contributed by atoms with Crippen molar-refractivity contribution in [3.8, 4) is 6.07 Å². The molecule has 0 amide bonds. The van der Waals surface area contributed by atoms with Crippen LogP contribution >= 0.6 is 24.0 Å². The van der Waals surface area contributed by atoms with E-state index < -0.39 is 0 Å². The number of hydrogen-bond donors (Lipinski definition) is 2. The highest BCUT2D eigenvalue weighted by Crippen LogP contribution is 2.26. The van der Waals surface area contributed by atoms with E-state index in [2.05, 4.69) is 26.6 Å². The van der Waals surface area contributed by atoms with Gasteiger partial charge in [-0.3, -0.25) is 9.89 Å². The molecule has 1 heterocycles. The average molecular weight is 453 g/mol. The summed E-state index contributed by atoms with van der Waals surface area (Å²) in [5, 5.41) is 15.8. The SMILES string of the molecule is CN=C(NCc1ccc(C#N)cc1)NC1CCN(C2CCCC2)C1.I. The third-order valence-electron chi connectivity index (χ3n) is 5.17. The van der Waals surface area contributed by atoms with Crippen molar-refractivity contribution in [1.29, 1.82) is 5.26 Å². The summed E-state index contributed by atoms with van der Waals surface area (Å²) < 4.78 is 0. The van der Waals surface area contributed by atoms with Gasteiger partial charge in [0.25, 0.3) is 0 Å². The second-order valence-corrected chi connectivity index (χ2v) is 6.80. The summed E-state index contributed by atoms with van der Waals surface area (Å²) in [7, 11) is 1.82. The number of benzene rings is 1. The van der Waals surface area contributed by atoms with Crippen LogP contribution in [0.25, 0.3) is 0 Å². The van der Waals surface area contributed by atoms with Gasteiger partial charge in [0.1, 0.15) is 0 Å². The van der Waals surface area contributed by atoms with Crippen molar-refractivity contribution in [3.63, 3.8) is 0 Å². The topological polar surface area (TPSA) is 63.5 Å². The van der Waals surface area contributed by atoms with Gasteiger partial charge >= 0.3 is 0 Å². The van der Waals surface area contributed by atoms with Crippen molar-refractivity contribution in [3.05, 3.63) is 35.4 Å². The van der Waals surface area contributed by atoms with E-state index in [0.29, 0.717) is 18.2 Å². The maximum atomic E-state index is 8.85. The van der Waals surface area contributed by atoms with Crippen LogP contribution < -0.4 is 10.6 Å². The zero-order valence-corrected chi connectivity index (χ0v) is 17.2. The maximum Gasteiger partial charge on any atom is 0.191 e. The van der Waals surface area contributed by atoms with Gasteiger partial charge in [-0.2, -0.15) is 5.26 Å². The maximum absolute atomic E-state index is 8.85. The Labute approximate surface area is 167 Å². The van der Waals surface area contributed by atoms with Gasteiger partial charge in [-0.15, -0.1) is 24.0 Å². The van der Waals surface area contributed by atoms with Crippen molar-refractivity contribution in [2.24, 2.45) is 4.99 Å². The van der Waals surface area contributed by atoms with E-state index in [-0.39, 0.29) is 24.0 Å². The van der Waals surface area contributed by atoms with Crippen molar-refractivity contribution in [1.82, 2.24) is 15.5 Å². The first kappa shape index (κ1) is 20.0. The number of nitriles is 1. The van der Waals surface area contributed by atoms with Gasteiger partial charge in [-0.25, -0.2) is 0 Å². The first-order chi connectivity index (χ1) is 11.8. The average Bonchev–Trinajstić information content (AvgIpc) is 3.30. The van der Waals surface area contributed by atoms with Crippen LogP contribution in [0.2, 0.25) is 0 Å². The third-order valence-corrected chi connectivity index (χ3v) is 5.17. The fraction of sp³-hybridized carbons (Fsp3) is 0.579. The Bertz CT molecular complexity index is 601. The van der Waals surface area contributed by atoms with Gasteiger partial charge < -0.3 is 10.6 Å². The molecule has 0 aromatic heterocycles. The molecule has 1 atom stereocenters. The Morgan fingerprint density at radius 1 is 1.24 bits per heavy atom.